The summed E-state index contributed by atoms with van der Waals surface area (Å²) in [5.41, 5.74) is 3.53. The van der Waals surface area contributed by atoms with Gasteiger partial charge < -0.3 is 9.52 Å². The molecule has 0 saturated heterocycles. The summed E-state index contributed by atoms with van der Waals surface area (Å²) in [5.74, 6) is -0.611. The van der Waals surface area contributed by atoms with Gasteiger partial charge in [-0.25, -0.2) is 4.79 Å². The van der Waals surface area contributed by atoms with Crippen molar-refractivity contribution in [1.82, 2.24) is 0 Å². The zero-order chi connectivity index (χ0) is 12.7. The summed E-state index contributed by atoms with van der Waals surface area (Å²) in [4.78, 5) is 11.1. The Balaban J connectivity index is 2.89. The van der Waals surface area contributed by atoms with E-state index in [1.54, 1.807) is 6.92 Å². The molecule has 2 rings (SSSR count). The van der Waals surface area contributed by atoms with Crippen molar-refractivity contribution in [3.05, 3.63) is 34.6 Å². The number of rotatable bonds is 2. The molecule has 0 unspecified atom stereocenters. The highest BCUT2D eigenvalue weighted by Crippen LogP contribution is 2.34. The highest BCUT2D eigenvalue weighted by Gasteiger charge is 2.20. The van der Waals surface area contributed by atoms with Gasteiger partial charge >= 0.3 is 5.97 Å². The lowest BCUT2D eigenvalue weighted by molar-refractivity contribution is 0.0664. The van der Waals surface area contributed by atoms with Crippen LogP contribution in [0.25, 0.3) is 11.0 Å². The molecule has 1 N–H and O–H groups in total. The van der Waals surface area contributed by atoms with E-state index in [1.807, 2.05) is 13.0 Å². The van der Waals surface area contributed by atoms with Crippen LogP contribution in [0.4, 0.5) is 0 Å². The van der Waals surface area contributed by atoms with Crippen LogP contribution in [0.15, 0.2) is 16.5 Å². The number of furan rings is 1. The molecule has 1 heterocycles. The van der Waals surface area contributed by atoms with Crippen LogP contribution in [0.1, 0.15) is 47.0 Å². The maximum atomic E-state index is 11.1. The lowest BCUT2D eigenvalue weighted by Gasteiger charge is -2.08. The Labute approximate surface area is 100 Å². The fourth-order valence-corrected chi connectivity index (χ4v) is 2.20. The molecule has 3 nitrogen and oxygen atoms in total. The van der Waals surface area contributed by atoms with Crippen molar-refractivity contribution in [3.8, 4) is 0 Å². The molecule has 0 bridgehead atoms. The molecule has 0 fully saturated rings. The number of fused-ring (bicyclic) bond motifs is 1. The molecule has 2 aromatic rings. The average molecular weight is 232 g/mol. The Kier molecular flexibility index (Phi) is 2.69. The van der Waals surface area contributed by atoms with Crippen molar-refractivity contribution in [2.45, 2.75) is 33.6 Å². The molecule has 1 aromatic heterocycles. The van der Waals surface area contributed by atoms with E-state index in [1.165, 1.54) is 0 Å². The Morgan fingerprint density at radius 2 is 1.94 bits per heavy atom. The molecule has 90 valence electrons. The monoisotopic (exact) mass is 232 g/mol. The predicted molar refractivity (Wildman–Crippen MR) is 66.7 cm³/mol. The number of carboxylic acids is 1. The molecule has 0 aliphatic rings. The number of carboxylic acid groups (broad SMARTS) is 1. The standard InChI is InChI=1S/C14H16O3/c1-7(2)10-6-5-8(3)12-11(10)9(4)13(17-12)14(15)16/h5-7H,1-4H3,(H,15,16). The summed E-state index contributed by atoms with van der Waals surface area (Å²) >= 11 is 0. The van der Waals surface area contributed by atoms with E-state index in [4.69, 9.17) is 9.52 Å². The van der Waals surface area contributed by atoms with E-state index in [9.17, 15) is 4.79 Å². The molecule has 0 saturated carbocycles. The Morgan fingerprint density at radius 3 is 2.47 bits per heavy atom. The quantitative estimate of drug-likeness (QED) is 0.855. The molecule has 0 spiro atoms. The molecule has 1 aromatic carbocycles. The first-order chi connectivity index (χ1) is 7.93. The zero-order valence-corrected chi connectivity index (χ0v) is 10.5. The minimum atomic E-state index is -1.01. The Hall–Kier alpha value is -1.77. The van der Waals surface area contributed by atoms with Crippen LogP contribution in [0.5, 0.6) is 0 Å². The third kappa shape index (κ3) is 1.71. The lowest BCUT2D eigenvalue weighted by Crippen LogP contribution is -1.96. The molecular formula is C14H16O3. The summed E-state index contributed by atoms with van der Waals surface area (Å²) in [7, 11) is 0. The van der Waals surface area contributed by atoms with Gasteiger partial charge in [-0.3, -0.25) is 0 Å². The number of benzene rings is 1. The van der Waals surface area contributed by atoms with Crippen molar-refractivity contribution >= 4 is 16.9 Å². The van der Waals surface area contributed by atoms with Crippen molar-refractivity contribution in [2.24, 2.45) is 0 Å². The third-order valence-corrected chi connectivity index (χ3v) is 3.12. The maximum Gasteiger partial charge on any atom is 0.372 e. The summed E-state index contributed by atoms with van der Waals surface area (Å²) in [6.07, 6.45) is 0. The van der Waals surface area contributed by atoms with Crippen LogP contribution in [-0.4, -0.2) is 11.1 Å². The van der Waals surface area contributed by atoms with E-state index in [-0.39, 0.29) is 5.76 Å². The van der Waals surface area contributed by atoms with Gasteiger partial charge in [-0.1, -0.05) is 26.0 Å². The molecule has 0 amide bonds. The molecular weight excluding hydrogens is 216 g/mol. The molecule has 0 radical (unpaired) electrons. The van der Waals surface area contributed by atoms with Crippen molar-refractivity contribution in [1.29, 1.82) is 0 Å². The van der Waals surface area contributed by atoms with E-state index >= 15 is 0 Å². The number of aryl methyl sites for hydroxylation is 2. The minimum absolute atomic E-state index is 0.0520. The Bertz CT molecular complexity index is 591. The van der Waals surface area contributed by atoms with Gasteiger partial charge in [-0.2, -0.15) is 0 Å². The van der Waals surface area contributed by atoms with Crippen LogP contribution in [0.2, 0.25) is 0 Å². The molecule has 0 aliphatic carbocycles. The molecule has 0 atom stereocenters. The van der Waals surface area contributed by atoms with E-state index in [0.29, 0.717) is 11.5 Å². The fraction of sp³-hybridized carbons (Fsp3) is 0.357. The minimum Gasteiger partial charge on any atom is -0.475 e. The number of carbonyl (C=O) groups is 1. The first-order valence-electron chi connectivity index (χ1n) is 5.69. The van der Waals surface area contributed by atoms with Gasteiger partial charge in [-0.05, 0) is 30.9 Å². The summed E-state index contributed by atoms with van der Waals surface area (Å²) in [6.45, 7) is 7.93. The number of hydrogen-bond donors (Lipinski definition) is 1. The second-order valence-corrected chi connectivity index (χ2v) is 4.69. The third-order valence-electron chi connectivity index (χ3n) is 3.12. The summed E-state index contributed by atoms with van der Waals surface area (Å²) < 4.78 is 5.48. The van der Waals surface area contributed by atoms with Crippen LogP contribution in [0, 0.1) is 13.8 Å². The lowest BCUT2D eigenvalue weighted by atomic mass is 9.95. The van der Waals surface area contributed by atoms with E-state index in [2.05, 4.69) is 19.9 Å². The SMILES string of the molecule is Cc1ccc(C(C)C)c2c(C)c(C(=O)O)oc12. The van der Waals surface area contributed by atoms with Crippen LogP contribution in [0.3, 0.4) is 0 Å². The van der Waals surface area contributed by atoms with Gasteiger partial charge in [0.05, 0.1) is 0 Å². The topological polar surface area (TPSA) is 50.4 Å². The largest absolute Gasteiger partial charge is 0.475 e. The van der Waals surface area contributed by atoms with Gasteiger partial charge in [-0.15, -0.1) is 0 Å². The van der Waals surface area contributed by atoms with Crippen LogP contribution in [-0.2, 0) is 0 Å². The molecule has 0 aliphatic heterocycles. The van der Waals surface area contributed by atoms with Gasteiger partial charge in [0.15, 0.2) is 0 Å². The fourth-order valence-electron chi connectivity index (χ4n) is 2.20. The molecule has 17 heavy (non-hydrogen) atoms. The highest BCUT2D eigenvalue weighted by atomic mass is 16.4. The van der Waals surface area contributed by atoms with Crippen molar-refractivity contribution in [2.75, 3.05) is 0 Å². The summed E-state index contributed by atoms with van der Waals surface area (Å²) in [6, 6.07) is 4.03. The van der Waals surface area contributed by atoms with E-state index in [0.717, 1.165) is 22.1 Å². The van der Waals surface area contributed by atoms with Crippen LogP contribution < -0.4 is 0 Å². The van der Waals surface area contributed by atoms with Crippen molar-refractivity contribution < 1.29 is 14.3 Å². The van der Waals surface area contributed by atoms with Gasteiger partial charge in [0.1, 0.15) is 5.58 Å². The average Bonchev–Trinajstić information content (AvgIpc) is 2.58. The van der Waals surface area contributed by atoms with Gasteiger partial charge in [0.2, 0.25) is 5.76 Å². The normalized spacial score (nSPS) is 11.4. The van der Waals surface area contributed by atoms with Gasteiger partial charge in [0.25, 0.3) is 0 Å². The smallest absolute Gasteiger partial charge is 0.372 e. The second kappa shape index (κ2) is 3.91. The second-order valence-electron chi connectivity index (χ2n) is 4.69. The first-order valence-corrected chi connectivity index (χ1v) is 5.69. The predicted octanol–water partition coefficient (Wildman–Crippen LogP) is 3.87. The van der Waals surface area contributed by atoms with E-state index < -0.39 is 5.97 Å². The molecule has 3 heteroatoms. The number of aromatic carboxylic acids is 1. The summed E-state index contributed by atoms with van der Waals surface area (Å²) in [5, 5.41) is 10.0. The highest BCUT2D eigenvalue weighted by molar-refractivity contribution is 5.97. The zero-order valence-electron chi connectivity index (χ0n) is 10.5. The Morgan fingerprint density at radius 1 is 1.29 bits per heavy atom. The maximum absolute atomic E-state index is 11.1. The van der Waals surface area contributed by atoms with Crippen LogP contribution >= 0.6 is 0 Å². The number of hydrogen-bond acceptors (Lipinski definition) is 2. The van der Waals surface area contributed by atoms with Crippen molar-refractivity contribution in [3.63, 3.8) is 0 Å². The first kappa shape index (κ1) is 11.7. The van der Waals surface area contributed by atoms with Gasteiger partial charge in [0, 0.05) is 10.9 Å².